The van der Waals surface area contributed by atoms with Gasteiger partial charge in [0.2, 0.25) is 23.8 Å². The van der Waals surface area contributed by atoms with E-state index in [1.165, 1.54) is 5.56 Å². The van der Waals surface area contributed by atoms with Crippen LogP contribution in [0, 0.1) is 0 Å². The molecule has 8 aromatic carbocycles. The van der Waals surface area contributed by atoms with E-state index < -0.39 is 16.8 Å². The molecule has 0 bridgehead atoms. The topological polar surface area (TPSA) is 388 Å². The second kappa shape index (κ2) is 49.5. The van der Waals surface area contributed by atoms with E-state index in [1.807, 2.05) is 212 Å². The number of hydrogen-bond acceptors (Lipinski definition) is 22. The number of carbonyl (C=O) groups is 7. The van der Waals surface area contributed by atoms with Gasteiger partial charge in [0.15, 0.2) is 0 Å². The molecule has 3 unspecified atom stereocenters. The summed E-state index contributed by atoms with van der Waals surface area (Å²) in [6.07, 6.45) is 12.2. The number of aromatic nitrogens is 8. The van der Waals surface area contributed by atoms with Crippen molar-refractivity contribution in [3.63, 3.8) is 0 Å². The number of hydrogen-bond donors (Lipinski definition) is 10. The zero-order chi connectivity index (χ0) is 102. The van der Waals surface area contributed by atoms with Crippen LogP contribution in [0.2, 0.25) is 0 Å². The summed E-state index contributed by atoms with van der Waals surface area (Å²) in [5.41, 5.74) is 11.3. The molecule has 7 aliphatic heterocycles. The van der Waals surface area contributed by atoms with E-state index in [0.29, 0.717) is 116 Å². The number of aliphatic hydroxyl groups is 4. The van der Waals surface area contributed by atoms with Gasteiger partial charge >= 0.3 is 18.3 Å². The first kappa shape index (κ1) is 107. The van der Waals surface area contributed by atoms with Crippen LogP contribution in [0.3, 0.4) is 0 Å². The van der Waals surface area contributed by atoms with Crippen molar-refractivity contribution in [1.82, 2.24) is 73.3 Å². The van der Waals surface area contributed by atoms with E-state index >= 15 is 0 Å². The Labute approximate surface area is 853 Å². The molecule has 10 N–H and O–H groups in total. The molecule has 145 heavy (non-hydrogen) atoms. The second-order valence-electron chi connectivity index (χ2n) is 41.5. The van der Waals surface area contributed by atoms with Crippen molar-refractivity contribution in [3.8, 4) is 0 Å². The predicted octanol–water partition coefficient (Wildman–Crippen LogP) is 18.1. The zero-order valence-electron chi connectivity index (χ0n) is 84.9. The number of aliphatic hydroxyl groups excluding tert-OH is 4. The lowest BCUT2D eigenvalue weighted by Crippen LogP contribution is -2.39. The number of imidazole rings is 4. The Morgan fingerprint density at radius 2 is 0.641 bits per heavy atom. The smallest absolute Gasteiger partial charge is 0.410 e. The Hall–Kier alpha value is -12.7. The first-order valence-corrected chi connectivity index (χ1v) is 51.8. The Morgan fingerprint density at radius 3 is 0.938 bits per heavy atom. The third kappa shape index (κ3) is 28.5. The van der Waals surface area contributed by atoms with Gasteiger partial charge in [-0.2, -0.15) is 0 Å². The maximum Gasteiger partial charge on any atom is 0.410 e. The van der Waals surface area contributed by atoms with Crippen LogP contribution in [-0.2, 0) is 39.8 Å². The van der Waals surface area contributed by atoms with Crippen LogP contribution in [0.1, 0.15) is 246 Å². The van der Waals surface area contributed by atoms with E-state index in [-0.39, 0.29) is 91.0 Å². The van der Waals surface area contributed by atoms with Crippen LogP contribution in [-0.4, -0.2) is 252 Å². The second-order valence-corrected chi connectivity index (χ2v) is 41.8. The van der Waals surface area contributed by atoms with Crippen LogP contribution in [0.25, 0.3) is 44.1 Å². The van der Waals surface area contributed by atoms with Gasteiger partial charge in [-0.25, -0.2) is 34.3 Å². The standard InChI is InChI=1S/C30H39N5O4.C26H31ClN4O3.C26H32N4O4.C25H31N5O2.C4H9NO/c1-30(2,3)39-29(38)34-16-8-7-13-23(19-34)35-26-22(18-33-17-15-24(36)20-33)12-9-14-25(26)31-28(35)32-27(37)21-10-5-4-6-11-21;1-26(2,3)34-25(33)30-15-8-7-13-20(17-30)31-22-19(16-27)12-9-14-21(22)28-24(31)29-23(32)18-10-5-4-6-11-18;1-26(2,3)34-25(33)29-15-8-7-13-20(16-29)30-22-19(17-31)12-9-14-21(22)27-24(30)28-23(32)18-10-5-4-6-11-18;31-21-12-14-29(17-21)16-19-9-6-11-22-23(19)30(20-10-4-5-13-26-15-20)25(27-22)28-24(32)18-7-2-1-3-8-18;6-4-1-2-5-3-4/h4-6,9-12,14,23-24,36H,7-8,13,15-20H2,1-3H3,(H,31,32,37);4-6,9-12,14,20H,7-8,13,15-17H2,1-3H3,(H,28,29,32);4-6,9-12,14,20,31H,7-8,13,15-17H2,1-3H3,(H,27,28,32);1-3,6-9,11,20-21,26,31H,4-5,10,12-17H2,(H,27,28,32);4-6H,1-3H2/t23-,24?;2*20-;20-,21?;/m1111./s1. The summed E-state index contributed by atoms with van der Waals surface area (Å²) < 4.78 is 25.4. The minimum Gasteiger partial charge on any atom is -0.444 e. The summed E-state index contributed by atoms with van der Waals surface area (Å²) in [5.74, 6) is 1.39. The highest BCUT2D eigenvalue weighted by molar-refractivity contribution is 6.18. The third-order valence-electron chi connectivity index (χ3n) is 26.7. The van der Waals surface area contributed by atoms with Gasteiger partial charge in [0, 0.05) is 131 Å². The van der Waals surface area contributed by atoms with Crippen LogP contribution < -0.4 is 31.9 Å². The summed E-state index contributed by atoms with van der Waals surface area (Å²) in [6.45, 7) is 28.0. The number of carbonyl (C=O) groups excluding carboxylic acids is 7. The fourth-order valence-corrected chi connectivity index (χ4v) is 20.1. The number of likely N-dealkylation sites (tertiary alicyclic amines) is 5. The number of rotatable bonds is 18. The molecular weight excluding hydrogens is 1860 g/mol. The first-order valence-electron chi connectivity index (χ1n) is 51.3. The van der Waals surface area contributed by atoms with E-state index in [9.17, 15) is 48.9 Å². The minimum absolute atomic E-state index is 0.0648. The fraction of sp³-hybridized carbons (Fsp3) is 0.468. The predicted molar refractivity (Wildman–Crippen MR) is 565 cm³/mol. The maximum atomic E-state index is 13.2. The molecule has 19 rings (SSSR count). The lowest BCUT2D eigenvalue weighted by molar-refractivity contribution is 0.0228. The van der Waals surface area contributed by atoms with Gasteiger partial charge in [-0.15, -0.1) is 11.6 Å². The Balaban J connectivity index is 0.000000143. The molecule has 7 fully saturated rings. The lowest BCUT2D eigenvalue weighted by Gasteiger charge is -2.29. The zero-order valence-corrected chi connectivity index (χ0v) is 85.7. The number of ether oxygens (including phenoxy) is 3. The summed E-state index contributed by atoms with van der Waals surface area (Å²) >= 11 is 6.30. The van der Waals surface area contributed by atoms with Gasteiger partial charge in [-0.05, 0) is 255 Å². The van der Waals surface area contributed by atoms with Crippen molar-refractivity contribution >= 4 is 121 Å². The maximum absolute atomic E-state index is 13.2. The number of alkyl halides is 1. The van der Waals surface area contributed by atoms with Crippen molar-refractivity contribution in [3.05, 3.63) is 239 Å². The van der Waals surface area contributed by atoms with Gasteiger partial charge in [-0.1, -0.05) is 128 Å². The summed E-state index contributed by atoms with van der Waals surface area (Å²) in [6, 6.07) is 60.0. The Kier molecular flexibility index (Phi) is 36.3. The van der Waals surface area contributed by atoms with E-state index in [0.717, 1.165) is 197 Å². The van der Waals surface area contributed by atoms with E-state index in [2.05, 4.69) is 67.5 Å². The SMILES string of the molecule is CC(C)(C)OC(=O)N1CCCC[C@@H](n2c(NC(=O)c3ccccc3)nc3cccc(CCl)c32)C1.CC(C)(C)OC(=O)N1CCCC[C@@H](n2c(NC(=O)c3ccccc3)nc3cccc(CN4CCC(O)C4)c32)C1.CC(C)(C)OC(=O)N1CCCC[C@@H](n2c(NC(=O)c3ccccc3)nc3cccc(CO)c32)C1.O=C(Nc1nc2cccc(CN3CCC(O)C3)c2n1[C@@H]1CCCCNC1)c1ccccc1.OC1CCNC1. The van der Waals surface area contributed by atoms with E-state index in [4.69, 9.17) is 50.9 Å². The fourth-order valence-electron chi connectivity index (χ4n) is 19.9. The molecule has 0 radical (unpaired) electrons. The monoisotopic (exact) mass is 2000 g/mol. The molecule has 12 aromatic rings. The summed E-state index contributed by atoms with van der Waals surface area (Å²) in [7, 11) is 0. The molecular formula is C111H142ClN19O14. The van der Waals surface area contributed by atoms with Gasteiger partial charge in [0.05, 0.1) is 87.2 Å². The lowest BCUT2D eigenvalue weighted by atomic mass is 10.1. The van der Waals surface area contributed by atoms with Crippen molar-refractivity contribution in [1.29, 1.82) is 0 Å². The molecule has 11 heterocycles. The molecule has 7 aliphatic rings. The first-order chi connectivity index (χ1) is 69.8. The minimum atomic E-state index is -0.584. The van der Waals surface area contributed by atoms with Gasteiger partial charge in [0.25, 0.3) is 23.6 Å². The highest BCUT2D eigenvalue weighted by Gasteiger charge is 2.37. The molecule has 0 aliphatic carbocycles. The highest BCUT2D eigenvalue weighted by Crippen LogP contribution is 2.40. The summed E-state index contributed by atoms with van der Waals surface area (Å²) in [5, 5.41) is 57.5. The van der Waals surface area contributed by atoms with Crippen LogP contribution in [0.5, 0.6) is 0 Å². The Bertz CT molecular complexity index is 6180. The Morgan fingerprint density at radius 1 is 0.338 bits per heavy atom. The molecule has 33 nitrogen and oxygen atoms in total. The number of nitrogens with one attached hydrogen (secondary N) is 6. The third-order valence-corrected chi connectivity index (χ3v) is 27.0. The number of β-amino-alcohol motifs (C(OH)–C–C–N with tert-alkyl or cyclic N) is 3. The molecule has 7 saturated heterocycles. The molecule has 34 heteroatoms. The summed E-state index contributed by atoms with van der Waals surface area (Å²) in [4.78, 5) is 120. The van der Waals surface area contributed by atoms with Crippen molar-refractivity contribution < 1.29 is 68.2 Å². The molecule has 7 amide bonds. The number of amides is 7. The number of nitrogens with zero attached hydrogens (tertiary/aromatic N) is 13. The van der Waals surface area contributed by atoms with Gasteiger partial charge < -0.3 is 78.2 Å². The van der Waals surface area contributed by atoms with Crippen molar-refractivity contribution in [2.45, 2.75) is 243 Å². The molecule has 4 aromatic heterocycles. The number of benzene rings is 8. The normalized spacial score (nSPS) is 19.8. The van der Waals surface area contributed by atoms with Gasteiger partial charge in [0.1, 0.15) is 16.8 Å². The molecule has 0 saturated carbocycles. The largest absolute Gasteiger partial charge is 0.444 e. The average molecular weight is 2000 g/mol. The number of anilines is 4. The van der Waals surface area contributed by atoms with E-state index in [1.54, 1.807) is 51.1 Å². The number of halogens is 1. The molecule has 7 atom stereocenters. The average Bonchev–Trinajstić information content (AvgIpc) is 1.59. The number of fused-ring (bicyclic) bond motifs is 4. The van der Waals surface area contributed by atoms with Crippen molar-refractivity contribution in [2.24, 2.45) is 0 Å². The quantitative estimate of drug-likeness (QED) is 0.0282. The highest BCUT2D eigenvalue weighted by atomic mass is 35.5. The van der Waals surface area contributed by atoms with Crippen molar-refractivity contribution in [2.75, 3.05) is 113 Å². The number of para-hydroxylation sites is 4. The van der Waals surface area contributed by atoms with Crippen LogP contribution >= 0.6 is 11.6 Å². The van der Waals surface area contributed by atoms with Crippen LogP contribution in [0.15, 0.2) is 194 Å². The molecule has 772 valence electrons. The van der Waals surface area contributed by atoms with Crippen LogP contribution in [0.4, 0.5) is 38.2 Å². The molecule has 0 spiro atoms. The van der Waals surface area contributed by atoms with Gasteiger partial charge in [-0.3, -0.25) is 50.2 Å².